The van der Waals surface area contributed by atoms with Gasteiger partial charge in [0, 0.05) is 17.2 Å². The van der Waals surface area contributed by atoms with Gasteiger partial charge in [0.1, 0.15) is 24.2 Å². The van der Waals surface area contributed by atoms with Crippen molar-refractivity contribution in [3.63, 3.8) is 0 Å². The summed E-state index contributed by atoms with van der Waals surface area (Å²) in [5, 5.41) is 11.0. The second-order valence-corrected chi connectivity index (χ2v) is 9.94. The number of carbonyl (C=O) groups is 1. The van der Waals surface area contributed by atoms with Crippen LogP contribution in [0.3, 0.4) is 0 Å². The first kappa shape index (κ1) is 27.8. The third-order valence-electron chi connectivity index (χ3n) is 6.44. The Balaban J connectivity index is 1.50. The van der Waals surface area contributed by atoms with Crippen LogP contribution in [-0.4, -0.2) is 38.7 Å². The van der Waals surface area contributed by atoms with Crippen molar-refractivity contribution in [2.75, 3.05) is 6.61 Å². The van der Waals surface area contributed by atoms with Crippen LogP contribution in [0.5, 0.6) is 11.5 Å². The van der Waals surface area contributed by atoms with Gasteiger partial charge in [-0.2, -0.15) is 0 Å². The Morgan fingerprint density at radius 2 is 1.56 bits per heavy atom. The first-order chi connectivity index (χ1) is 18.9. The molecule has 0 radical (unpaired) electrons. The lowest BCUT2D eigenvalue weighted by atomic mass is 9.93. The van der Waals surface area contributed by atoms with Crippen LogP contribution in [0.1, 0.15) is 46.5 Å². The summed E-state index contributed by atoms with van der Waals surface area (Å²) in [4.78, 5) is 25.0. The number of hydrogen-bond acceptors (Lipinski definition) is 7. The van der Waals surface area contributed by atoms with Crippen LogP contribution in [0.15, 0.2) is 79.4 Å². The molecule has 7 nitrogen and oxygen atoms in total. The molecule has 1 unspecified atom stereocenters. The molecule has 1 aromatic heterocycles. The minimum absolute atomic E-state index is 0.0127. The van der Waals surface area contributed by atoms with Crippen molar-refractivity contribution < 1.29 is 19.4 Å². The van der Waals surface area contributed by atoms with Crippen molar-refractivity contribution >= 4 is 5.97 Å². The van der Waals surface area contributed by atoms with E-state index in [1.807, 2.05) is 48.5 Å². The third kappa shape index (κ3) is 7.63. The smallest absolute Gasteiger partial charge is 0.347 e. The fraction of sp³-hybridized carbons (Fsp3) is 0.312. The monoisotopic (exact) mass is 525 g/mol. The van der Waals surface area contributed by atoms with E-state index in [1.165, 1.54) is 25.1 Å². The van der Waals surface area contributed by atoms with Gasteiger partial charge in [-0.15, -0.1) is 0 Å². The Morgan fingerprint density at radius 3 is 2.28 bits per heavy atom. The first-order valence-corrected chi connectivity index (χ1v) is 13.4. The van der Waals surface area contributed by atoms with Crippen molar-refractivity contribution in [1.82, 2.24) is 15.0 Å². The first-order valence-electron chi connectivity index (χ1n) is 13.4. The molecule has 1 N–H and O–H groups in total. The highest BCUT2D eigenvalue weighted by atomic mass is 16.6. The lowest BCUT2D eigenvalue weighted by molar-refractivity contribution is -0.151. The molecule has 1 heterocycles. The fourth-order valence-corrected chi connectivity index (χ4v) is 4.34. The van der Waals surface area contributed by atoms with E-state index in [4.69, 9.17) is 9.47 Å². The summed E-state index contributed by atoms with van der Waals surface area (Å²) in [5.41, 5.74) is 4.14. The Labute approximate surface area is 229 Å². The average molecular weight is 526 g/mol. The molecule has 0 fully saturated rings. The number of phenols is 1. The molecule has 4 aromatic rings. The Morgan fingerprint density at radius 1 is 0.821 bits per heavy atom. The summed E-state index contributed by atoms with van der Waals surface area (Å²) in [5.74, 6) is 1.15. The van der Waals surface area contributed by atoms with Crippen LogP contribution in [0.25, 0.3) is 33.6 Å². The van der Waals surface area contributed by atoms with Crippen molar-refractivity contribution in [1.29, 1.82) is 0 Å². The van der Waals surface area contributed by atoms with Gasteiger partial charge in [0.15, 0.2) is 11.9 Å². The number of esters is 1. The quantitative estimate of drug-likeness (QED) is 0.156. The van der Waals surface area contributed by atoms with E-state index in [0.29, 0.717) is 29.7 Å². The van der Waals surface area contributed by atoms with Gasteiger partial charge in [-0.25, -0.2) is 19.7 Å². The van der Waals surface area contributed by atoms with Gasteiger partial charge in [-0.1, -0.05) is 69.5 Å². The van der Waals surface area contributed by atoms with Gasteiger partial charge in [-0.05, 0) is 60.2 Å². The summed E-state index contributed by atoms with van der Waals surface area (Å²) in [6.07, 6.45) is 6.28. The topological polar surface area (TPSA) is 94.4 Å². The summed E-state index contributed by atoms with van der Waals surface area (Å²) in [6.45, 7) is 6.44. The normalized spacial score (nSPS) is 11.8. The van der Waals surface area contributed by atoms with E-state index in [-0.39, 0.29) is 5.75 Å². The van der Waals surface area contributed by atoms with Crippen molar-refractivity contribution in [2.24, 2.45) is 5.92 Å². The molecule has 0 aliphatic carbocycles. The third-order valence-corrected chi connectivity index (χ3v) is 6.44. The van der Waals surface area contributed by atoms with Crippen LogP contribution in [0.2, 0.25) is 0 Å². The van der Waals surface area contributed by atoms with Gasteiger partial charge in [0.25, 0.3) is 0 Å². The molecule has 1 atom stereocenters. The number of aromatic nitrogens is 3. The van der Waals surface area contributed by atoms with Gasteiger partial charge in [0.05, 0.1) is 6.61 Å². The number of ether oxygens (including phenoxy) is 2. The summed E-state index contributed by atoms with van der Waals surface area (Å²) in [6, 6.07) is 21.0. The molecule has 3 aromatic carbocycles. The van der Waals surface area contributed by atoms with Gasteiger partial charge < -0.3 is 14.6 Å². The lowest BCUT2D eigenvalue weighted by Crippen LogP contribution is -2.26. The van der Waals surface area contributed by atoms with E-state index in [2.05, 4.69) is 28.8 Å². The Hall–Kier alpha value is -4.26. The zero-order chi connectivity index (χ0) is 27.6. The number of nitrogens with zero attached hydrogens (tertiary/aromatic N) is 3. The van der Waals surface area contributed by atoms with Crippen LogP contribution in [0, 0.1) is 5.92 Å². The van der Waals surface area contributed by atoms with E-state index in [0.717, 1.165) is 41.5 Å². The van der Waals surface area contributed by atoms with Crippen molar-refractivity contribution in [3.05, 3.63) is 79.4 Å². The summed E-state index contributed by atoms with van der Waals surface area (Å²) >= 11 is 0. The van der Waals surface area contributed by atoms with Gasteiger partial charge in [-0.3, -0.25) is 0 Å². The maximum absolute atomic E-state index is 12.4. The molecule has 0 bridgehead atoms. The highest BCUT2D eigenvalue weighted by Crippen LogP contribution is 2.40. The molecule has 202 valence electrons. The zero-order valence-corrected chi connectivity index (χ0v) is 22.7. The largest absolute Gasteiger partial charge is 0.507 e. The maximum Gasteiger partial charge on any atom is 0.347 e. The second-order valence-electron chi connectivity index (χ2n) is 9.94. The summed E-state index contributed by atoms with van der Waals surface area (Å²) in [7, 11) is 0. The van der Waals surface area contributed by atoms with Gasteiger partial charge in [0.2, 0.25) is 0 Å². The number of benzene rings is 3. The van der Waals surface area contributed by atoms with Crippen molar-refractivity contribution in [2.45, 2.75) is 52.6 Å². The van der Waals surface area contributed by atoms with E-state index < -0.39 is 12.1 Å². The number of rotatable bonds is 12. The molecule has 4 rings (SSSR count). The molecule has 7 heteroatoms. The maximum atomic E-state index is 12.4. The number of carbonyl (C=O) groups excluding carboxylic acids is 1. The number of hydrogen-bond donors (Lipinski definition) is 1. The van der Waals surface area contributed by atoms with Gasteiger partial charge >= 0.3 is 5.97 Å². The SMILES string of the molecule is CC(C)CCCCCOC(=O)C(C)Oc1ccc(-c2cc(-c3ccccc3)ccc2-c2ncncn2)c(O)c1. The number of unbranched alkanes of at least 4 members (excludes halogenated alkanes) is 2. The molecule has 0 amide bonds. The minimum Gasteiger partial charge on any atom is -0.507 e. The molecule has 0 saturated carbocycles. The highest BCUT2D eigenvalue weighted by Gasteiger charge is 2.19. The van der Waals surface area contributed by atoms with E-state index in [1.54, 1.807) is 19.1 Å². The molecule has 39 heavy (non-hydrogen) atoms. The van der Waals surface area contributed by atoms with Crippen LogP contribution < -0.4 is 4.74 Å². The van der Waals surface area contributed by atoms with E-state index >= 15 is 0 Å². The van der Waals surface area contributed by atoms with Crippen LogP contribution in [-0.2, 0) is 9.53 Å². The molecule has 0 spiro atoms. The molecule has 0 aliphatic heterocycles. The molecule has 0 saturated heterocycles. The van der Waals surface area contributed by atoms with Crippen LogP contribution in [0.4, 0.5) is 0 Å². The lowest BCUT2D eigenvalue weighted by Gasteiger charge is -2.16. The molecular formula is C32H35N3O4. The summed E-state index contributed by atoms with van der Waals surface area (Å²) < 4.78 is 11.2. The molecule has 0 aliphatic rings. The van der Waals surface area contributed by atoms with Crippen molar-refractivity contribution in [3.8, 4) is 45.1 Å². The zero-order valence-electron chi connectivity index (χ0n) is 22.7. The average Bonchev–Trinajstić information content (AvgIpc) is 2.95. The van der Waals surface area contributed by atoms with Crippen LogP contribution >= 0.6 is 0 Å². The minimum atomic E-state index is -0.798. The number of phenolic OH excluding ortho intramolecular Hbond substituents is 1. The Kier molecular flexibility index (Phi) is 9.62. The number of aromatic hydroxyl groups is 1. The molecular weight excluding hydrogens is 490 g/mol. The standard InChI is InChI=1S/C32H35N3O4/c1-22(2)10-6-5-9-17-38-32(37)23(3)39-26-14-16-27(30(36)19-26)29-18-25(24-11-7-4-8-12-24)13-15-28(29)31-34-20-33-21-35-31/h4,7-8,11-16,18-23,36H,5-6,9-10,17H2,1-3H3. The fourth-order valence-electron chi connectivity index (χ4n) is 4.34. The predicted octanol–water partition coefficient (Wildman–Crippen LogP) is 7.11. The highest BCUT2D eigenvalue weighted by molar-refractivity contribution is 5.87. The predicted molar refractivity (Wildman–Crippen MR) is 152 cm³/mol. The Bertz CT molecular complexity index is 1360. The van der Waals surface area contributed by atoms with E-state index in [9.17, 15) is 9.90 Å². The second kappa shape index (κ2) is 13.5.